The van der Waals surface area contributed by atoms with Crippen molar-refractivity contribution in [2.24, 2.45) is 5.92 Å². The molecule has 1 N–H and O–H groups in total. The highest BCUT2D eigenvalue weighted by atomic mass is 16.5. The van der Waals surface area contributed by atoms with Gasteiger partial charge >= 0.3 is 0 Å². The van der Waals surface area contributed by atoms with Gasteiger partial charge in [0.2, 0.25) is 0 Å². The van der Waals surface area contributed by atoms with E-state index in [2.05, 4.69) is 18.0 Å². The van der Waals surface area contributed by atoms with Gasteiger partial charge in [-0.05, 0) is 38.1 Å². The van der Waals surface area contributed by atoms with Gasteiger partial charge in [-0.1, -0.05) is 18.2 Å². The zero-order valence-electron chi connectivity index (χ0n) is 15.5. The highest BCUT2D eigenvalue weighted by molar-refractivity contribution is 5.62. The van der Waals surface area contributed by atoms with Crippen molar-refractivity contribution in [3.63, 3.8) is 0 Å². The standard InChI is InChI=1S/C18H21NO3/c1-19-8-7-18-11-4-5-13(20)17(18)22-16-14(21-2)6-3-10(15(16)18)9-12(11)19/h3-6,11-13,17,20H,7-9H2,1-2H3/t11-,12+,13-,17-,18-/m0/s1/i2D3. The van der Waals surface area contributed by atoms with Gasteiger partial charge in [-0.25, -0.2) is 0 Å². The molecular formula is C18H21NO3. The van der Waals surface area contributed by atoms with Crippen LogP contribution in [0.2, 0.25) is 0 Å². The van der Waals surface area contributed by atoms with Gasteiger partial charge in [-0.15, -0.1) is 0 Å². The third-order valence-corrected chi connectivity index (χ3v) is 6.24. The second-order valence-corrected chi connectivity index (χ2v) is 7.01. The first-order valence-corrected chi connectivity index (χ1v) is 7.90. The minimum atomic E-state index is -2.53. The van der Waals surface area contributed by atoms with Crippen molar-refractivity contribution in [1.29, 1.82) is 0 Å². The lowest BCUT2D eigenvalue weighted by Gasteiger charge is -2.56. The Balaban J connectivity index is 1.73. The predicted octanol–water partition coefficient (Wildman–Crippen LogP) is 1.50. The van der Waals surface area contributed by atoms with Gasteiger partial charge < -0.3 is 19.5 Å². The van der Waals surface area contributed by atoms with Gasteiger partial charge in [-0.2, -0.15) is 0 Å². The van der Waals surface area contributed by atoms with Crippen molar-refractivity contribution in [2.75, 3.05) is 20.6 Å². The van der Waals surface area contributed by atoms with Gasteiger partial charge in [0.25, 0.3) is 0 Å². The molecule has 2 aliphatic heterocycles. The highest BCUT2D eigenvalue weighted by Crippen LogP contribution is 2.62. The van der Waals surface area contributed by atoms with Crippen LogP contribution in [0.5, 0.6) is 11.5 Å². The molecule has 2 heterocycles. The zero-order chi connectivity index (χ0) is 17.6. The number of piperidine rings is 1. The van der Waals surface area contributed by atoms with Crippen LogP contribution in [0.4, 0.5) is 0 Å². The first kappa shape index (κ1) is 10.3. The molecule has 5 rings (SSSR count). The maximum atomic E-state index is 10.6. The van der Waals surface area contributed by atoms with E-state index < -0.39 is 13.1 Å². The van der Waals surface area contributed by atoms with E-state index in [1.54, 1.807) is 6.07 Å². The van der Waals surface area contributed by atoms with E-state index in [1.165, 1.54) is 5.56 Å². The number of ether oxygens (including phenoxy) is 2. The minimum Gasteiger partial charge on any atom is -0.493 e. The predicted molar refractivity (Wildman–Crippen MR) is 82.5 cm³/mol. The molecule has 4 nitrogen and oxygen atoms in total. The summed E-state index contributed by atoms with van der Waals surface area (Å²) in [4.78, 5) is 2.39. The molecule has 116 valence electrons. The maximum Gasteiger partial charge on any atom is 0.165 e. The fraction of sp³-hybridized carbons (Fsp3) is 0.556. The summed E-state index contributed by atoms with van der Waals surface area (Å²) in [6.07, 6.45) is 4.68. The maximum absolute atomic E-state index is 10.6. The van der Waals surface area contributed by atoms with Crippen LogP contribution >= 0.6 is 0 Å². The van der Waals surface area contributed by atoms with E-state index in [1.807, 2.05) is 12.1 Å². The van der Waals surface area contributed by atoms with E-state index in [9.17, 15) is 5.11 Å². The SMILES string of the molecule is [2H]C([2H])([2H])Oc1ccc2c3c1O[C@H]1[C@@H](O)C=C[C@H]4[C@@H](C2)N(C)CC[C@@]341. The first-order valence-electron chi connectivity index (χ1n) is 9.40. The zero-order valence-corrected chi connectivity index (χ0v) is 12.5. The summed E-state index contributed by atoms with van der Waals surface area (Å²) in [5.74, 6) is 1.04. The molecule has 0 radical (unpaired) electrons. The minimum absolute atomic E-state index is 0.255. The molecule has 2 aliphatic carbocycles. The van der Waals surface area contributed by atoms with Crippen molar-refractivity contribution in [2.45, 2.75) is 36.5 Å². The van der Waals surface area contributed by atoms with Crippen molar-refractivity contribution in [3.05, 3.63) is 35.4 Å². The molecule has 2 bridgehead atoms. The van der Waals surface area contributed by atoms with Crippen molar-refractivity contribution >= 4 is 0 Å². The van der Waals surface area contributed by atoms with Crippen LogP contribution in [0.25, 0.3) is 0 Å². The molecule has 1 spiro atoms. The van der Waals surface area contributed by atoms with E-state index in [-0.39, 0.29) is 23.2 Å². The van der Waals surface area contributed by atoms with E-state index in [0.717, 1.165) is 24.9 Å². The monoisotopic (exact) mass is 302 g/mol. The summed E-state index contributed by atoms with van der Waals surface area (Å²) in [6.45, 7) is 0.935. The Morgan fingerprint density at radius 2 is 2.36 bits per heavy atom. The summed E-state index contributed by atoms with van der Waals surface area (Å²) in [5.41, 5.74) is 1.96. The molecule has 0 aromatic heterocycles. The highest BCUT2D eigenvalue weighted by Gasteiger charge is 2.64. The van der Waals surface area contributed by atoms with Gasteiger partial charge in [0.1, 0.15) is 12.2 Å². The number of methoxy groups -OCH3 is 1. The Hall–Kier alpha value is -1.52. The quantitative estimate of drug-likeness (QED) is 0.798. The van der Waals surface area contributed by atoms with Crippen LogP contribution in [0.15, 0.2) is 24.3 Å². The van der Waals surface area contributed by atoms with Crippen molar-refractivity contribution < 1.29 is 18.7 Å². The van der Waals surface area contributed by atoms with Crippen molar-refractivity contribution in [1.82, 2.24) is 4.90 Å². The van der Waals surface area contributed by atoms with Crippen LogP contribution in [-0.4, -0.2) is 48.9 Å². The Bertz CT molecular complexity index is 778. The van der Waals surface area contributed by atoms with Gasteiger partial charge in [0, 0.05) is 22.9 Å². The normalized spacial score (nSPS) is 43.6. The average Bonchev–Trinajstić information content (AvgIpc) is 2.88. The van der Waals surface area contributed by atoms with E-state index in [4.69, 9.17) is 13.6 Å². The number of aliphatic hydroxyl groups is 1. The molecular weight excluding hydrogens is 278 g/mol. The molecule has 0 amide bonds. The second kappa shape index (κ2) is 4.06. The third kappa shape index (κ3) is 1.28. The molecule has 1 aromatic carbocycles. The summed E-state index contributed by atoms with van der Waals surface area (Å²) < 4.78 is 33.7. The Labute approximate surface area is 134 Å². The van der Waals surface area contributed by atoms with E-state index >= 15 is 0 Å². The molecule has 0 saturated carbocycles. The van der Waals surface area contributed by atoms with Crippen LogP contribution in [-0.2, 0) is 11.8 Å². The molecule has 4 aliphatic rings. The summed E-state index contributed by atoms with van der Waals surface area (Å²) in [7, 11) is -0.376. The summed E-state index contributed by atoms with van der Waals surface area (Å²) in [6, 6.07) is 4.04. The number of likely N-dealkylation sites (N-methyl/N-ethyl adjacent to an activating group) is 1. The van der Waals surface area contributed by atoms with Gasteiger partial charge in [0.15, 0.2) is 11.5 Å². The summed E-state index contributed by atoms with van der Waals surface area (Å²) in [5, 5.41) is 10.6. The number of nitrogens with zero attached hydrogens (tertiary/aromatic N) is 1. The molecule has 5 atom stereocenters. The number of benzene rings is 1. The molecule has 0 unspecified atom stereocenters. The number of rotatable bonds is 1. The Kier molecular flexibility index (Phi) is 1.90. The fourth-order valence-corrected chi connectivity index (χ4v) is 5.31. The molecule has 1 saturated heterocycles. The number of hydrogen-bond donors (Lipinski definition) is 1. The largest absolute Gasteiger partial charge is 0.493 e. The smallest absolute Gasteiger partial charge is 0.165 e. The third-order valence-electron chi connectivity index (χ3n) is 6.24. The first-order chi connectivity index (χ1) is 11.8. The summed E-state index contributed by atoms with van der Waals surface area (Å²) >= 11 is 0. The number of likely N-dealkylation sites (tertiary alicyclic amines) is 1. The van der Waals surface area contributed by atoms with Crippen LogP contribution in [0.3, 0.4) is 0 Å². The lowest BCUT2D eigenvalue weighted by atomic mass is 9.53. The second-order valence-electron chi connectivity index (χ2n) is 7.01. The lowest BCUT2D eigenvalue weighted by molar-refractivity contribution is -0.0453. The molecule has 1 fully saturated rings. The van der Waals surface area contributed by atoms with Gasteiger partial charge in [-0.3, -0.25) is 0 Å². The molecule has 22 heavy (non-hydrogen) atoms. The van der Waals surface area contributed by atoms with Crippen LogP contribution < -0.4 is 9.47 Å². The van der Waals surface area contributed by atoms with Crippen LogP contribution in [0.1, 0.15) is 21.7 Å². The molecule has 1 aromatic rings. The van der Waals surface area contributed by atoms with Crippen LogP contribution in [0, 0.1) is 5.92 Å². The average molecular weight is 302 g/mol. The van der Waals surface area contributed by atoms with Crippen molar-refractivity contribution in [3.8, 4) is 11.5 Å². The lowest BCUT2D eigenvalue weighted by Crippen LogP contribution is -2.64. The van der Waals surface area contributed by atoms with E-state index in [0.29, 0.717) is 11.8 Å². The number of hydrogen-bond acceptors (Lipinski definition) is 4. The fourth-order valence-electron chi connectivity index (χ4n) is 5.31. The Morgan fingerprint density at radius 1 is 1.45 bits per heavy atom. The number of aliphatic hydroxyl groups excluding tert-OH is 1. The van der Waals surface area contributed by atoms with Gasteiger partial charge in [0.05, 0.1) is 11.2 Å². The molecule has 4 heteroatoms. The Morgan fingerprint density at radius 3 is 3.23 bits per heavy atom. The topological polar surface area (TPSA) is 41.9 Å².